The first kappa shape index (κ1) is 12.8. The van der Waals surface area contributed by atoms with E-state index in [4.69, 9.17) is 14.7 Å². The number of ether oxygens (including phenoxy) is 2. The minimum absolute atomic E-state index is 0.276. The van der Waals surface area contributed by atoms with Crippen LogP contribution >= 0.6 is 0 Å². The van der Waals surface area contributed by atoms with Crippen LogP contribution in [0.15, 0.2) is 18.2 Å². The lowest BCUT2D eigenvalue weighted by Crippen LogP contribution is -2.24. The summed E-state index contributed by atoms with van der Waals surface area (Å²) in [5.41, 5.74) is 0.393. The van der Waals surface area contributed by atoms with Gasteiger partial charge in [0.2, 0.25) is 0 Å². The van der Waals surface area contributed by atoms with Crippen molar-refractivity contribution >= 4 is 5.91 Å². The van der Waals surface area contributed by atoms with E-state index in [2.05, 4.69) is 5.32 Å². The third-order valence-corrected chi connectivity index (χ3v) is 2.17. The SMILES string of the molecule is COc1ccc(OC)c(C(=O)NCCC#N)c1. The van der Waals surface area contributed by atoms with Gasteiger partial charge in [-0.3, -0.25) is 4.79 Å². The first-order chi connectivity index (χ1) is 8.22. The van der Waals surface area contributed by atoms with E-state index in [9.17, 15) is 4.79 Å². The van der Waals surface area contributed by atoms with E-state index >= 15 is 0 Å². The zero-order valence-electron chi connectivity index (χ0n) is 9.82. The Balaban J connectivity index is 2.86. The van der Waals surface area contributed by atoms with Crippen LogP contribution in [0.2, 0.25) is 0 Å². The quantitative estimate of drug-likeness (QED) is 0.780. The molecule has 5 heteroatoms. The van der Waals surface area contributed by atoms with E-state index in [0.717, 1.165) is 0 Å². The van der Waals surface area contributed by atoms with Crippen molar-refractivity contribution in [3.8, 4) is 17.6 Å². The Labute approximate surface area is 100.0 Å². The summed E-state index contributed by atoms with van der Waals surface area (Å²) in [6.45, 7) is 0.315. The van der Waals surface area contributed by atoms with Crippen molar-refractivity contribution in [3.05, 3.63) is 23.8 Å². The molecule has 0 atom stereocenters. The normalized spacial score (nSPS) is 9.24. The van der Waals surface area contributed by atoms with Crippen molar-refractivity contribution in [1.29, 1.82) is 5.26 Å². The fourth-order valence-electron chi connectivity index (χ4n) is 1.32. The second-order valence-electron chi connectivity index (χ2n) is 3.23. The molecule has 0 aliphatic rings. The Hall–Kier alpha value is -2.22. The highest BCUT2D eigenvalue weighted by atomic mass is 16.5. The van der Waals surface area contributed by atoms with Gasteiger partial charge in [-0.25, -0.2) is 0 Å². The molecule has 0 aliphatic heterocycles. The highest BCUT2D eigenvalue weighted by Gasteiger charge is 2.12. The molecule has 0 bridgehead atoms. The van der Waals surface area contributed by atoms with Crippen LogP contribution in [0, 0.1) is 11.3 Å². The molecule has 1 amide bonds. The summed E-state index contributed by atoms with van der Waals surface area (Å²) in [5, 5.41) is 11.0. The van der Waals surface area contributed by atoms with Gasteiger partial charge in [0.15, 0.2) is 0 Å². The summed E-state index contributed by atoms with van der Waals surface area (Å²) in [6, 6.07) is 6.93. The second kappa shape index (κ2) is 6.38. The summed E-state index contributed by atoms with van der Waals surface area (Å²) in [7, 11) is 3.02. The van der Waals surface area contributed by atoms with E-state index in [0.29, 0.717) is 23.6 Å². The zero-order chi connectivity index (χ0) is 12.7. The molecule has 0 fully saturated rings. The van der Waals surface area contributed by atoms with E-state index in [1.165, 1.54) is 14.2 Å². The summed E-state index contributed by atoms with van der Waals surface area (Å²) < 4.78 is 10.1. The number of nitriles is 1. The predicted molar refractivity (Wildman–Crippen MR) is 62.1 cm³/mol. The van der Waals surface area contributed by atoms with Gasteiger partial charge in [-0.15, -0.1) is 0 Å². The summed E-state index contributed by atoms with van der Waals surface area (Å²) >= 11 is 0. The zero-order valence-corrected chi connectivity index (χ0v) is 9.82. The smallest absolute Gasteiger partial charge is 0.255 e. The molecule has 5 nitrogen and oxygen atoms in total. The van der Waals surface area contributed by atoms with Gasteiger partial charge >= 0.3 is 0 Å². The molecule has 1 rings (SSSR count). The molecule has 0 saturated heterocycles. The van der Waals surface area contributed by atoms with Gasteiger partial charge in [-0.05, 0) is 18.2 Å². The third kappa shape index (κ3) is 3.38. The molecular formula is C12H14N2O3. The third-order valence-electron chi connectivity index (χ3n) is 2.17. The topological polar surface area (TPSA) is 71.3 Å². The molecule has 0 spiro atoms. The Morgan fingerprint density at radius 2 is 2.18 bits per heavy atom. The lowest BCUT2D eigenvalue weighted by molar-refractivity contribution is 0.0951. The van der Waals surface area contributed by atoms with E-state index in [1.54, 1.807) is 18.2 Å². The minimum atomic E-state index is -0.281. The number of carbonyl (C=O) groups excluding carboxylic acids is 1. The molecule has 1 aromatic carbocycles. The number of methoxy groups -OCH3 is 2. The van der Waals surface area contributed by atoms with Crippen molar-refractivity contribution in [2.75, 3.05) is 20.8 Å². The maximum absolute atomic E-state index is 11.8. The van der Waals surface area contributed by atoms with Crippen LogP contribution < -0.4 is 14.8 Å². The van der Waals surface area contributed by atoms with Gasteiger partial charge in [-0.1, -0.05) is 0 Å². The number of nitrogens with one attached hydrogen (secondary N) is 1. The number of benzene rings is 1. The van der Waals surface area contributed by atoms with Gasteiger partial charge in [0.25, 0.3) is 5.91 Å². The summed E-state index contributed by atoms with van der Waals surface area (Å²) in [4.78, 5) is 11.8. The van der Waals surface area contributed by atoms with Gasteiger partial charge in [0, 0.05) is 6.54 Å². The Kier molecular flexibility index (Phi) is 4.82. The molecule has 0 aliphatic carbocycles. The van der Waals surface area contributed by atoms with E-state index < -0.39 is 0 Å². The molecule has 0 saturated carbocycles. The van der Waals surface area contributed by atoms with Crippen molar-refractivity contribution in [3.63, 3.8) is 0 Å². The Morgan fingerprint density at radius 1 is 1.41 bits per heavy atom. The highest BCUT2D eigenvalue weighted by Crippen LogP contribution is 2.23. The number of amides is 1. The van der Waals surface area contributed by atoms with Crippen molar-refractivity contribution in [2.45, 2.75) is 6.42 Å². The van der Waals surface area contributed by atoms with Crippen molar-refractivity contribution in [1.82, 2.24) is 5.32 Å². The van der Waals surface area contributed by atoms with Gasteiger partial charge in [0.1, 0.15) is 11.5 Å². The fourth-order valence-corrected chi connectivity index (χ4v) is 1.32. The molecule has 0 unspecified atom stereocenters. The van der Waals surface area contributed by atoms with Crippen LogP contribution in [0.5, 0.6) is 11.5 Å². The molecule has 17 heavy (non-hydrogen) atoms. The van der Waals surface area contributed by atoms with Gasteiger partial charge in [0.05, 0.1) is 32.3 Å². The van der Waals surface area contributed by atoms with Crippen molar-refractivity contribution < 1.29 is 14.3 Å². The molecule has 1 aromatic rings. The average Bonchev–Trinajstić information content (AvgIpc) is 2.38. The van der Waals surface area contributed by atoms with E-state index in [-0.39, 0.29) is 12.3 Å². The Morgan fingerprint density at radius 3 is 2.76 bits per heavy atom. The molecule has 0 heterocycles. The summed E-state index contributed by atoms with van der Waals surface area (Å²) in [5.74, 6) is 0.771. The first-order valence-electron chi connectivity index (χ1n) is 5.10. The lowest BCUT2D eigenvalue weighted by atomic mass is 10.1. The van der Waals surface area contributed by atoms with Crippen molar-refractivity contribution in [2.24, 2.45) is 0 Å². The first-order valence-corrected chi connectivity index (χ1v) is 5.10. The summed E-state index contributed by atoms with van der Waals surface area (Å²) in [6.07, 6.45) is 0.276. The second-order valence-corrected chi connectivity index (χ2v) is 3.23. The van der Waals surface area contributed by atoms with Crippen LogP contribution in [0.4, 0.5) is 0 Å². The lowest BCUT2D eigenvalue weighted by Gasteiger charge is -2.10. The van der Waals surface area contributed by atoms with Crippen LogP contribution in [0.25, 0.3) is 0 Å². The minimum Gasteiger partial charge on any atom is -0.497 e. The highest BCUT2D eigenvalue weighted by molar-refractivity contribution is 5.97. The molecular weight excluding hydrogens is 220 g/mol. The Bertz CT molecular complexity index is 438. The maximum atomic E-state index is 11.8. The fraction of sp³-hybridized carbons (Fsp3) is 0.333. The number of rotatable bonds is 5. The maximum Gasteiger partial charge on any atom is 0.255 e. The number of carbonyl (C=O) groups is 1. The van der Waals surface area contributed by atoms with Crippen LogP contribution in [-0.2, 0) is 0 Å². The molecule has 0 aromatic heterocycles. The van der Waals surface area contributed by atoms with Crippen LogP contribution in [-0.4, -0.2) is 26.7 Å². The van der Waals surface area contributed by atoms with Crippen LogP contribution in [0.1, 0.15) is 16.8 Å². The standard InChI is InChI=1S/C12H14N2O3/c1-16-9-4-5-11(17-2)10(8-9)12(15)14-7-3-6-13/h4-5,8H,3,7H2,1-2H3,(H,14,15). The van der Waals surface area contributed by atoms with E-state index in [1.807, 2.05) is 6.07 Å². The monoisotopic (exact) mass is 234 g/mol. The average molecular weight is 234 g/mol. The molecule has 0 radical (unpaired) electrons. The number of hydrogen-bond acceptors (Lipinski definition) is 4. The predicted octanol–water partition coefficient (Wildman–Crippen LogP) is 1.35. The largest absolute Gasteiger partial charge is 0.497 e. The van der Waals surface area contributed by atoms with Crippen LogP contribution in [0.3, 0.4) is 0 Å². The number of hydrogen-bond donors (Lipinski definition) is 1. The van der Waals surface area contributed by atoms with Gasteiger partial charge in [-0.2, -0.15) is 5.26 Å². The molecule has 90 valence electrons. The van der Waals surface area contributed by atoms with Gasteiger partial charge < -0.3 is 14.8 Å². The molecule has 1 N–H and O–H groups in total. The number of nitrogens with zero attached hydrogens (tertiary/aromatic N) is 1.